The second-order valence-electron chi connectivity index (χ2n) is 2.19. The molecule has 0 unspecified atom stereocenters. The van der Waals surface area contributed by atoms with Crippen LogP contribution in [0, 0.1) is 0 Å². The summed E-state index contributed by atoms with van der Waals surface area (Å²) in [7, 11) is 1.94. The molecule has 2 N–H and O–H groups in total. The van der Waals surface area contributed by atoms with E-state index in [4.69, 9.17) is 0 Å². The molecule has 0 spiro atoms. The van der Waals surface area contributed by atoms with Gasteiger partial charge in [0, 0.05) is 12.7 Å². The number of hydrogen-bond donors (Lipinski definition) is 2. The zero-order valence-electron chi connectivity index (χ0n) is 5.86. The Hall–Kier alpha value is -0.920. The van der Waals surface area contributed by atoms with Gasteiger partial charge in [0.25, 0.3) is 0 Å². The molecule has 1 aliphatic rings. The third-order valence-corrected chi connectivity index (χ3v) is 1.35. The Labute approximate surface area is 55.6 Å². The SMILES string of the molecule is CNC1=CC(C)=CNC1. The van der Waals surface area contributed by atoms with Crippen molar-refractivity contribution in [2.75, 3.05) is 13.6 Å². The molecule has 2 nitrogen and oxygen atoms in total. The highest BCUT2D eigenvalue weighted by Gasteiger charge is 1.96. The highest BCUT2D eigenvalue weighted by atomic mass is 14.9. The summed E-state index contributed by atoms with van der Waals surface area (Å²) in [6.07, 6.45) is 4.15. The Morgan fingerprint density at radius 1 is 1.67 bits per heavy atom. The second kappa shape index (κ2) is 2.58. The van der Waals surface area contributed by atoms with E-state index in [9.17, 15) is 0 Å². The summed E-state index contributed by atoms with van der Waals surface area (Å²) in [5.74, 6) is 0. The van der Waals surface area contributed by atoms with E-state index >= 15 is 0 Å². The summed E-state index contributed by atoms with van der Waals surface area (Å²) in [5.41, 5.74) is 2.51. The fraction of sp³-hybridized carbons (Fsp3) is 0.429. The van der Waals surface area contributed by atoms with Crippen molar-refractivity contribution in [2.24, 2.45) is 0 Å². The van der Waals surface area contributed by atoms with Gasteiger partial charge >= 0.3 is 0 Å². The van der Waals surface area contributed by atoms with Crippen LogP contribution in [0.25, 0.3) is 0 Å². The summed E-state index contributed by atoms with van der Waals surface area (Å²) < 4.78 is 0. The Kier molecular flexibility index (Phi) is 1.78. The molecule has 0 aromatic rings. The van der Waals surface area contributed by atoms with Gasteiger partial charge in [-0.25, -0.2) is 0 Å². The lowest BCUT2D eigenvalue weighted by Crippen LogP contribution is -2.22. The molecule has 0 aliphatic carbocycles. The summed E-state index contributed by atoms with van der Waals surface area (Å²) in [6, 6.07) is 0. The van der Waals surface area contributed by atoms with Gasteiger partial charge in [0.15, 0.2) is 0 Å². The van der Waals surface area contributed by atoms with Crippen molar-refractivity contribution < 1.29 is 0 Å². The first-order chi connectivity index (χ1) is 4.33. The van der Waals surface area contributed by atoms with E-state index in [1.807, 2.05) is 13.2 Å². The molecule has 0 aromatic carbocycles. The normalized spacial score (nSPS) is 17.6. The minimum absolute atomic E-state index is 0.924. The smallest absolute Gasteiger partial charge is 0.0542 e. The molecule has 0 saturated heterocycles. The van der Waals surface area contributed by atoms with Gasteiger partial charge in [-0.15, -0.1) is 0 Å². The minimum Gasteiger partial charge on any atom is -0.390 e. The summed E-state index contributed by atoms with van der Waals surface area (Å²) in [6.45, 7) is 3.00. The third-order valence-electron chi connectivity index (χ3n) is 1.35. The lowest BCUT2D eigenvalue weighted by molar-refractivity contribution is 0.820. The van der Waals surface area contributed by atoms with Crippen molar-refractivity contribution >= 4 is 0 Å². The molecular weight excluding hydrogens is 112 g/mol. The van der Waals surface area contributed by atoms with Gasteiger partial charge in [-0.1, -0.05) is 0 Å². The van der Waals surface area contributed by atoms with E-state index in [0.717, 1.165) is 6.54 Å². The Balaban J connectivity index is 2.63. The average Bonchev–Trinajstić information content (AvgIpc) is 1.88. The summed E-state index contributed by atoms with van der Waals surface area (Å²) >= 11 is 0. The first-order valence-corrected chi connectivity index (χ1v) is 3.11. The molecule has 0 amide bonds. The molecule has 9 heavy (non-hydrogen) atoms. The average molecular weight is 124 g/mol. The second-order valence-corrected chi connectivity index (χ2v) is 2.19. The maximum Gasteiger partial charge on any atom is 0.0542 e. The van der Waals surface area contributed by atoms with Gasteiger partial charge in [-0.05, 0) is 24.8 Å². The fourth-order valence-corrected chi connectivity index (χ4v) is 0.850. The van der Waals surface area contributed by atoms with Crippen LogP contribution < -0.4 is 10.6 Å². The highest BCUT2D eigenvalue weighted by molar-refractivity contribution is 5.24. The van der Waals surface area contributed by atoms with E-state index in [-0.39, 0.29) is 0 Å². The summed E-state index contributed by atoms with van der Waals surface area (Å²) in [5, 5.41) is 6.23. The van der Waals surface area contributed by atoms with Crippen LogP contribution in [0.4, 0.5) is 0 Å². The van der Waals surface area contributed by atoms with Gasteiger partial charge in [-0.3, -0.25) is 0 Å². The van der Waals surface area contributed by atoms with Crippen LogP contribution in [0.5, 0.6) is 0 Å². The minimum atomic E-state index is 0.924. The number of hydrogen-bond acceptors (Lipinski definition) is 2. The van der Waals surface area contributed by atoms with Crippen LogP contribution in [-0.2, 0) is 0 Å². The van der Waals surface area contributed by atoms with E-state index in [1.54, 1.807) is 0 Å². The first kappa shape index (κ1) is 6.20. The number of nitrogens with one attached hydrogen (secondary N) is 2. The zero-order valence-corrected chi connectivity index (χ0v) is 5.86. The van der Waals surface area contributed by atoms with Crippen molar-refractivity contribution in [1.29, 1.82) is 0 Å². The van der Waals surface area contributed by atoms with Crippen LogP contribution in [-0.4, -0.2) is 13.6 Å². The first-order valence-electron chi connectivity index (χ1n) is 3.11. The van der Waals surface area contributed by atoms with Crippen LogP contribution in [0.2, 0.25) is 0 Å². The quantitative estimate of drug-likeness (QED) is 0.535. The Bertz CT molecular complexity index is 156. The van der Waals surface area contributed by atoms with Crippen molar-refractivity contribution in [1.82, 2.24) is 10.6 Å². The van der Waals surface area contributed by atoms with Crippen LogP contribution >= 0.6 is 0 Å². The third kappa shape index (κ3) is 1.49. The molecule has 0 saturated carbocycles. The molecule has 0 bridgehead atoms. The molecule has 1 heterocycles. The molecule has 50 valence electrons. The van der Waals surface area contributed by atoms with Crippen molar-refractivity contribution in [3.8, 4) is 0 Å². The molecule has 0 aromatic heterocycles. The van der Waals surface area contributed by atoms with Crippen LogP contribution in [0.1, 0.15) is 6.92 Å². The van der Waals surface area contributed by atoms with Crippen LogP contribution in [0.15, 0.2) is 23.5 Å². The summed E-state index contributed by atoms with van der Waals surface area (Å²) in [4.78, 5) is 0. The lowest BCUT2D eigenvalue weighted by atomic mass is 10.2. The van der Waals surface area contributed by atoms with E-state index in [2.05, 4.69) is 23.6 Å². The molecule has 1 rings (SSSR count). The predicted octanol–water partition coefficient (Wildman–Crippen LogP) is 0.597. The highest BCUT2D eigenvalue weighted by Crippen LogP contribution is 2.01. The van der Waals surface area contributed by atoms with E-state index in [1.165, 1.54) is 11.3 Å². The van der Waals surface area contributed by atoms with Gasteiger partial charge in [-0.2, -0.15) is 0 Å². The number of likely N-dealkylation sites (N-methyl/N-ethyl adjacent to an activating group) is 1. The molecule has 1 aliphatic heterocycles. The van der Waals surface area contributed by atoms with Gasteiger partial charge in [0.1, 0.15) is 0 Å². The van der Waals surface area contributed by atoms with E-state index < -0.39 is 0 Å². The maximum atomic E-state index is 3.14. The molecule has 0 radical (unpaired) electrons. The Morgan fingerprint density at radius 2 is 2.44 bits per heavy atom. The number of rotatable bonds is 1. The van der Waals surface area contributed by atoms with Crippen molar-refractivity contribution in [2.45, 2.75) is 6.92 Å². The van der Waals surface area contributed by atoms with Gasteiger partial charge < -0.3 is 10.6 Å². The standard InChI is InChI=1S/C7H12N2/c1-6-3-7(8-2)5-9-4-6/h3-4,8-9H,5H2,1-2H3. The Morgan fingerprint density at radius 3 is 2.89 bits per heavy atom. The molecular formula is C7H12N2. The van der Waals surface area contributed by atoms with Crippen LogP contribution in [0.3, 0.4) is 0 Å². The maximum absolute atomic E-state index is 3.14. The predicted molar refractivity (Wildman–Crippen MR) is 38.9 cm³/mol. The molecule has 0 atom stereocenters. The zero-order chi connectivity index (χ0) is 6.69. The fourth-order valence-electron chi connectivity index (χ4n) is 0.850. The van der Waals surface area contributed by atoms with E-state index in [0.29, 0.717) is 0 Å². The van der Waals surface area contributed by atoms with Gasteiger partial charge in [0.2, 0.25) is 0 Å². The van der Waals surface area contributed by atoms with Crippen molar-refractivity contribution in [3.05, 3.63) is 23.5 Å². The molecule has 0 fully saturated rings. The number of allylic oxidation sites excluding steroid dienone is 2. The number of dihydropyridines is 1. The largest absolute Gasteiger partial charge is 0.390 e. The monoisotopic (exact) mass is 124 g/mol. The van der Waals surface area contributed by atoms with Crippen molar-refractivity contribution in [3.63, 3.8) is 0 Å². The lowest BCUT2D eigenvalue weighted by Gasteiger charge is -2.12. The topological polar surface area (TPSA) is 24.1 Å². The van der Waals surface area contributed by atoms with Gasteiger partial charge in [0.05, 0.1) is 6.54 Å². The molecule has 2 heteroatoms.